The van der Waals surface area contributed by atoms with E-state index in [1.54, 1.807) is 30.5 Å². The van der Waals surface area contributed by atoms with Crippen molar-refractivity contribution in [3.63, 3.8) is 0 Å². The summed E-state index contributed by atoms with van der Waals surface area (Å²) in [5, 5.41) is 13.9. The number of carbonyl (C=O) groups is 2. The van der Waals surface area contributed by atoms with Gasteiger partial charge < -0.3 is 15.4 Å². The first kappa shape index (κ1) is 21.9. The summed E-state index contributed by atoms with van der Waals surface area (Å²) < 4.78 is 5.69. The van der Waals surface area contributed by atoms with Crippen molar-refractivity contribution in [3.05, 3.63) is 59.9 Å². The Hall–Kier alpha value is -3.40. The molecule has 0 spiro atoms. The fourth-order valence-corrected chi connectivity index (χ4v) is 2.72. The number of benzene rings is 1. The molecular formula is C22H26N4O3. The van der Waals surface area contributed by atoms with Crippen LogP contribution in [0.25, 0.3) is 0 Å². The second-order valence-electron chi connectivity index (χ2n) is 6.98. The van der Waals surface area contributed by atoms with Gasteiger partial charge in [-0.25, -0.2) is 0 Å². The monoisotopic (exact) mass is 394 g/mol. The standard InChI is InChI=1S/C22H26N4O3/c1-16(2)15-20(22(28)25-13-11-23)26-21(27)17-6-8-19(9-7-17)29-14-10-18-5-3-4-12-24-18/h3-9,12,16,20H,10,13-15H2,1-2H3,(H,25,28)(H,26,27). The molecule has 1 aromatic carbocycles. The van der Waals surface area contributed by atoms with Crippen LogP contribution in [0.5, 0.6) is 5.75 Å². The van der Waals surface area contributed by atoms with Crippen LogP contribution in [-0.2, 0) is 11.2 Å². The van der Waals surface area contributed by atoms with Gasteiger partial charge in [-0.15, -0.1) is 0 Å². The number of rotatable bonds is 10. The SMILES string of the molecule is CC(C)CC(NC(=O)c1ccc(OCCc2ccccn2)cc1)C(=O)NCC#N. The van der Waals surface area contributed by atoms with Crippen LogP contribution in [0.15, 0.2) is 48.7 Å². The summed E-state index contributed by atoms with van der Waals surface area (Å²) in [6, 6.07) is 13.7. The highest BCUT2D eigenvalue weighted by Crippen LogP contribution is 2.13. The van der Waals surface area contributed by atoms with Crippen LogP contribution < -0.4 is 15.4 Å². The molecule has 0 radical (unpaired) electrons. The third kappa shape index (κ3) is 7.62. The van der Waals surface area contributed by atoms with E-state index in [-0.39, 0.29) is 24.3 Å². The van der Waals surface area contributed by atoms with Crippen molar-refractivity contribution in [3.8, 4) is 11.8 Å². The van der Waals surface area contributed by atoms with Gasteiger partial charge in [-0.05, 0) is 48.7 Å². The Labute approximate surface area is 171 Å². The molecule has 1 aromatic heterocycles. The van der Waals surface area contributed by atoms with E-state index in [9.17, 15) is 9.59 Å². The number of aromatic nitrogens is 1. The van der Waals surface area contributed by atoms with Gasteiger partial charge in [0.05, 0.1) is 12.7 Å². The molecule has 2 aromatic rings. The zero-order chi connectivity index (χ0) is 21.1. The van der Waals surface area contributed by atoms with E-state index < -0.39 is 6.04 Å². The average molecular weight is 394 g/mol. The molecular weight excluding hydrogens is 368 g/mol. The molecule has 1 heterocycles. The lowest BCUT2D eigenvalue weighted by atomic mass is 10.0. The van der Waals surface area contributed by atoms with Gasteiger partial charge >= 0.3 is 0 Å². The number of ether oxygens (including phenoxy) is 1. The predicted molar refractivity (Wildman–Crippen MR) is 109 cm³/mol. The van der Waals surface area contributed by atoms with Crippen LogP contribution in [0.4, 0.5) is 0 Å². The van der Waals surface area contributed by atoms with E-state index in [0.29, 0.717) is 30.8 Å². The maximum Gasteiger partial charge on any atom is 0.251 e. The lowest BCUT2D eigenvalue weighted by Crippen LogP contribution is -2.47. The summed E-state index contributed by atoms with van der Waals surface area (Å²) in [4.78, 5) is 29.0. The van der Waals surface area contributed by atoms with E-state index in [1.807, 2.05) is 38.1 Å². The first-order valence-corrected chi connectivity index (χ1v) is 9.58. The molecule has 7 heteroatoms. The molecule has 1 unspecified atom stereocenters. The van der Waals surface area contributed by atoms with Crippen molar-refractivity contribution in [2.24, 2.45) is 5.92 Å². The number of pyridine rings is 1. The summed E-state index contributed by atoms with van der Waals surface area (Å²) >= 11 is 0. The molecule has 0 aliphatic heterocycles. The molecule has 1 atom stereocenters. The molecule has 0 aliphatic rings. The smallest absolute Gasteiger partial charge is 0.251 e. The van der Waals surface area contributed by atoms with Gasteiger partial charge in [0, 0.05) is 23.9 Å². The summed E-state index contributed by atoms with van der Waals surface area (Å²) in [5.74, 6) is 0.164. The molecule has 0 saturated heterocycles. The minimum atomic E-state index is -0.690. The Morgan fingerprint density at radius 2 is 1.93 bits per heavy atom. The van der Waals surface area contributed by atoms with Crippen LogP contribution in [-0.4, -0.2) is 36.0 Å². The second kappa shape index (κ2) is 11.4. The maximum atomic E-state index is 12.5. The first-order chi connectivity index (χ1) is 14.0. The minimum absolute atomic E-state index is 0.0894. The van der Waals surface area contributed by atoms with Crippen LogP contribution in [0.1, 0.15) is 36.3 Å². The number of nitrogens with one attached hydrogen (secondary N) is 2. The van der Waals surface area contributed by atoms with E-state index >= 15 is 0 Å². The highest BCUT2D eigenvalue weighted by molar-refractivity contribution is 5.97. The van der Waals surface area contributed by atoms with Crippen molar-refractivity contribution in [1.29, 1.82) is 5.26 Å². The average Bonchev–Trinajstić information content (AvgIpc) is 2.72. The molecule has 0 aliphatic carbocycles. The molecule has 0 saturated carbocycles. The van der Waals surface area contributed by atoms with Gasteiger partial charge in [0.15, 0.2) is 0 Å². The third-order valence-electron chi connectivity index (χ3n) is 4.14. The Balaban J connectivity index is 1.90. The number of hydrogen-bond acceptors (Lipinski definition) is 5. The van der Waals surface area contributed by atoms with Crippen molar-refractivity contribution < 1.29 is 14.3 Å². The van der Waals surface area contributed by atoms with E-state index in [0.717, 1.165) is 5.69 Å². The Morgan fingerprint density at radius 1 is 1.17 bits per heavy atom. The van der Waals surface area contributed by atoms with Gasteiger partial charge in [-0.2, -0.15) is 5.26 Å². The van der Waals surface area contributed by atoms with Gasteiger partial charge in [-0.1, -0.05) is 19.9 Å². The van der Waals surface area contributed by atoms with Crippen LogP contribution in [0.3, 0.4) is 0 Å². The molecule has 0 fully saturated rings. The number of carbonyl (C=O) groups excluding carboxylic acids is 2. The third-order valence-corrected chi connectivity index (χ3v) is 4.14. The summed E-state index contributed by atoms with van der Waals surface area (Å²) in [6.07, 6.45) is 2.92. The normalized spacial score (nSPS) is 11.4. The summed E-state index contributed by atoms with van der Waals surface area (Å²) in [7, 11) is 0. The number of amides is 2. The first-order valence-electron chi connectivity index (χ1n) is 9.58. The van der Waals surface area contributed by atoms with Crippen LogP contribution in [0, 0.1) is 17.2 Å². The number of hydrogen-bond donors (Lipinski definition) is 2. The topological polar surface area (TPSA) is 104 Å². The Morgan fingerprint density at radius 3 is 2.55 bits per heavy atom. The lowest BCUT2D eigenvalue weighted by molar-refractivity contribution is -0.123. The molecule has 2 N–H and O–H groups in total. The van der Waals surface area contributed by atoms with E-state index in [2.05, 4.69) is 15.6 Å². The van der Waals surface area contributed by atoms with E-state index in [4.69, 9.17) is 10.00 Å². The molecule has 2 rings (SSSR count). The molecule has 2 amide bonds. The second-order valence-corrected chi connectivity index (χ2v) is 6.98. The molecule has 7 nitrogen and oxygen atoms in total. The van der Waals surface area contributed by atoms with Gasteiger partial charge in [0.2, 0.25) is 5.91 Å². The zero-order valence-electron chi connectivity index (χ0n) is 16.7. The minimum Gasteiger partial charge on any atom is -0.493 e. The highest BCUT2D eigenvalue weighted by atomic mass is 16.5. The lowest BCUT2D eigenvalue weighted by Gasteiger charge is -2.19. The largest absolute Gasteiger partial charge is 0.493 e. The summed E-state index contributed by atoms with van der Waals surface area (Å²) in [5.41, 5.74) is 1.39. The molecule has 29 heavy (non-hydrogen) atoms. The molecule has 0 bridgehead atoms. The number of nitrogens with zero attached hydrogens (tertiary/aromatic N) is 2. The predicted octanol–water partition coefficient (Wildman–Crippen LogP) is 2.49. The van der Waals surface area contributed by atoms with Crippen molar-refractivity contribution in [2.75, 3.05) is 13.2 Å². The van der Waals surface area contributed by atoms with Crippen molar-refractivity contribution in [2.45, 2.75) is 32.7 Å². The van der Waals surface area contributed by atoms with E-state index in [1.165, 1.54) is 0 Å². The summed E-state index contributed by atoms with van der Waals surface area (Å²) in [6.45, 7) is 4.33. The highest BCUT2D eigenvalue weighted by Gasteiger charge is 2.22. The quantitative estimate of drug-likeness (QED) is 0.603. The van der Waals surface area contributed by atoms with Crippen molar-refractivity contribution in [1.82, 2.24) is 15.6 Å². The van der Waals surface area contributed by atoms with Gasteiger partial charge in [0.1, 0.15) is 18.3 Å². The van der Waals surface area contributed by atoms with Crippen LogP contribution in [0.2, 0.25) is 0 Å². The fraction of sp³-hybridized carbons (Fsp3) is 0.364. The van der Waals surface area contributed by atoms with Crippen LogP contribution >= 0.6 is 0 Å². The number of nitriles is 1. The van der Waals surface area contributed by atoms with Gasteiger partial charge in [0.25, 0.3) is 5.91 Å². The Bertz CT molecular complexity index is 829. The van der Waals surface area contributed by atoms with Gasteiger partial charge in [-0.3, -0.25) is 14.6 Å². The Kier molecular flexibility index (Phi) is 8.64. The fourth-order valence-electron chi connectivity index (χ4n) is 2.72. The zero-order valence-corrected chi connectivity index (χ0v) is 16.7. The molecule has 152 valence electrons. The van der Waals surface area contributed by atoms with Crippen molar-refractivity contribution >= 4 is 11.8 Å². The maximum absolute atomic E-state index is 12.5.